The Morgan fingerprint density at radius 3 is 2.37 bits per heavy atom. The van der Waals surface area contributed by atoms with Crippen molar-refractivity contribution in [1.82, 2.24) is 20.7 Å². The quantitative estimate of drug-likeness (QED) is 0.660. The summed E-state index contributed by atoms with van der Waals surface area (Å²) >= 11 is 0. The molecule has 0 bridgehead atoms. The van der Waals surface area contributed by atoms with Gasteiger partial charge in [-0.25, -0.2) is 4.39 Å². The van der Waals surface area contributed by atoms with E-state index >= 15 is 0 Å². The van der Waals surface area contributed by atoms with Crippen molar-refractivity contribution < 1.29 is 23.5 Å². The summed E-state index contributed by atoms with van der Waals surface area (Å²) in [6, 6.07) is 9.53. The number of para-hydroxylation sites is 1. The number of nitrogens with zero attached hydrogens (tertiary/aromatic N) is 3. The van der Waals surface area contributed by atoms with Crippen LogP contribution in [0.1, 0.15) is 10.4 Å². The minimum absolute atomic E-state index is 0.253. The first-order chi connectivity index (χ1) is 14.5. The van der Waals surface area contributed by atoms with Gasteiger partial charge in [-0.05, 0) is 24.3 Å². The second-order valence-corrected chi connectivity index (χ2v) is 6.55. The van der Waals surface area contributed by atoms with Crippen LogP contribution in [0.4, 0.5) is 10.1 Å². The van der Waals surface area contributed by atoms with Crippen molar-refractivity contribution >= 4 is 23.4 Å². The van der Waals surface area contributed by atoms with Gasteiger partial charge in [-0.2, -0.15) is 0 Å². The van der Waals surface area contributed by atoms with Gasteiger partial charge in [0.2, 0.25) is 5.91 Å². The number of carbonyl (C=O) groups excluding carboxylic acids is 3. The third-order valence-electron chi connectivity index (χ3n) is 4.54. The van der Waals surface area contributed by atoms with E-state index in [0.717, 1.165) is 0 Å². The first kappa shape index (κ1) is 21.2. The van der Waals surface area contributed by atoms with Crippen molar-refractivity contribution in [2.24, 2.45) is 0 Å². The van der Waals surface area contributed by atoms with Crippen LogP contribution >= 0.6 is 0 Å². The Bertz CT molecular complexity index is 888. The number of hydrazine groups is 1. The Kier molecular flexibility index (Phi) is 7.28. The second-order valence-electron chi connectivity index (χ2n) is 6.55. The maximum absolute atomic E-state index is 13.9. The summed E-state index contributed by atoms with van der Waals surface area (Å²) in [7, 11) is 0. The highest BCUT2D eigenvalue weighted by atomic mass is 19.1. The van der Waals surface area contributed by atoms with Crippen LogP contribution in [-0.2, 0) is 14.3 Å². The van der Waals surface area contributed by atoms with Crippen molar-refractivity contribution in [2.45, 2.75) is 0 Å². The summed E-state index contributed by atoms with van der Waals surface area (Å²) < 4.78 is 19.0. The fourth-order valence-electron chi connectivity index (χ4n) is 2.97. The van der Waals surface area contributed by atoms with Gasteiger partial charge in [0, 0.05) is 44.1 Å². The molecule has 30 heavy (non-hydrogen) atoms. The van der Waals surface area contributed by atoms with Crippen molar-refractivity contribution in [3.63, 3.8) is 0 Å². The number of hydrogen-bond acceptors (Lipinski definition) is 6. The average molecular weight is 415 g/mol. The van der Waals surface area contributed by atoms with E-state index in [1.165, 1.54) is 30.6 Å². The highest BCUT2D eigenvalue weighted by molar-refractivity contribution is 5.95. The summed E-state index contributed by atoms with van der Waals surface area (Å²) in [5.41, 5.74) is 5.32. The highest BCUT2D eigenvalue weighted by Crippen LogP contribution is 2.20. The zero-order valence-electron chi connectivity index (χ0n) is 16.2. The van der Waals surface area contributed by atoms with Crippen LogP contribution in [-0.4, -0.2) is 67.0 Å². The van der Waals surface area contributed by atoms with Gasteiger partial charge < -0.3 is 14.5 Å². The predicted molar refractivity (Wildman–Crippen MR) is 106 cm³/mol. The molecule has 0 atom stereocenters. The van der Waals surface area contributed by atoms with Gasteiger partial charge >= 0.3 is 0 Å². The van der Waals surface area contributed by atoms with Gasteiger partial charge in [-0.3, -0.25) is 30.2 Å². The van der Waals surface area contributed by atoms with Crippen molar-refractivity contribution in [3.8, 4) is 0 Å². The molecule has 0 saturated carbocycles. The molecular formula is C20H22FN5O4. The third kappa shape index (κ3) is 5.74. The number of piperazine rings is 1. The molecule has 1 saturated heterocycles. The lowest BCUT2D eigenvalue weighted by Gasteiger charge is -2.36. The minimum atomic E-state index is -0.588. The van der Waals surface area contributed by atoms with E-state index in [2.05, 4.69) is 15.8 Å². The van der Waals surface area contributed by atoms with Gasteiger partial charge in [0.25, 0.3) is 11.8 Å². The van der Waals surface area contributed by atoms with E-state index in [1.54, 1.807) is 23.1 Å². The fraction of sp³-hybridized carbons (Fsp3) is 0.300. The molecule has 1 aromatic carbocycles. The molecule has 1 fully saturated rings. The maximum Gasteiger partial charge on any atom is 0.269 e. The van der Waals surface area contributed by atoms with Crippen LogP contribution in [0.5, 0.6) is 0 Å². The second kappa shape index (κ2) is 10.3. The molecule has 2 N–H and O–H groups in total. The summed E-state index contributed by atoms with van der Waals surface area (Å²) in [6.07, 6.45) is 2.92. The molecule has 10 heteroatoms. The monoisotopic (exact) mass is 415 g/mol. The molecule has 2 aromatic rings. The molecule has 2 heterocycles. The molecule has 0 unspecified atom stereocenters. The van der Waals surface area contributed by atoms with Gasteiger partial charge in [0.15, 0.2) is 0 Å². The zero-order valence-corrected chi connectivity index (χ0v) is 16.2. The van der Waals surface area contributed by atoms with Gasteiger partial charge in [0.1, 0.15) is 19.0 Å². The normalized spacial score (nSPS) is 13.6. The number of aromatic nitrogens is 1. The Hall–Kier alpha value is -3.53. The Balaban J connectivity index is 1.33. The highest BCUT2D eigenvalue weighted by Gasteiger charge is 2.22. The summed E-state index contributed by atoms with van der Waals surface area (Å²) in [6.45, 7) is 1.25. The largest absolute Gasteiger partial charge is 0.366 e. The van der Waals surface area contributed by atoms with E-state index in [1.807, 2.05) is 4.90 Å². The van der Waals surface area contributed by atoms with E-state index < -0.39 is 11.8 Å². The molecule has 1 aromatic heterocycles. The number of ether oxygens (including phenoxy) is 1. The first-order valence-electron chi connectivity index (χ1n) is 9.39. The molecule has 158 valence electrons. The number of nitrogens with one attached hydrogen (secondary N) is 2. The number of halogens is 1. The predicted octanol–water partition coefficient (Wildman–Crippen LogP) is 0.347. The number of benzene rings is 1. The Labute approximate surface area is 172 Å². The number of anilines is 1. The molecule has 1 aliphatic heterocycles. The van der Waals surface area contributed by atoms with E-state index in [9.17, 15) is 18.8 Å². The molecule has 3 amide bonds. The Morgan fingerprint density at radius 2 is 1.67 bits per heavy atom. The van der Waals surface area contributed by atoms with Crippen LogP contribution in [0.15, 0.2) is 48.8 Å². The summed E-state index contributed by atoms with van der Waals surface area (Å²) in [5.74, 6) is -1.62. The number of carbonyl (C=O) groups is 3. The molecule has 9 nitrogen and oxygen atoms in total. The smallest absolute Gasteiger partial charge is 0.269 e. The van der Waals surface area contributed by atoms with E-state index in [4.69, 9.17) is 4.74 Å². The van der Waals surface area contributed by atoms with Crippen LogP contribution in [0.25, 0.3) is 0 Å². The zero-order chi connectivity index (χ0) is 21.3. The van der Waals surface area contributed by atoms with Crippen LogP contribution in [0.2, 0.25) is 0 Å². The topological polar surface area (TPSA) is 104 Å². The standard InChI is InChI=1S/C20H22FN5O4/c21-16-3-1-2-4-17(16)25-9-11-26(12-10-25)19(28)14-30-13-18(27)23-24-20(29)15-5-7-22-8-6-15/h1-8H,9-14H2,(H,23,27)(H,24,29). The number of rotatable bonds is 6. The van der Waals surface area contributed by atoms with Crippen molar-refractivity contribution in [1.29, 1.82) is 0 Å². The van der Waals surface area contributed by atoms with Gasteiger partial charge in [-0.15, -0.1) is 0 Å². The molecule has 0 aliphatic carbocycles. The maximum atomic E-state index is 13.9. The van der Waals surface area contributed by atoms with E-state index in [0.29, 0.717) is 37.4 Å². The third-order valence-corrected chi connectivity index (χ3v) is 4.54. The molecule has 3 rings (SSSR count). The average Bonchev–Trinajstić information content (AvgIpc) is 2.78. The van der Waals surface area contributed by atoms with E-state index in [-0.39, 0.29) is 24.9 Å². The molecule has 0 radical (unpaired) electrons. The van der Waals surface area contributed by atoms with Crippen LogP contribution in [0.3, 0.4) is 0 Å². The SMILES string of the molecule is O=C(COCC(=O)N1CCN(c2ccccc2F)CC1)NNC(=O)c1ccncc1. The van der Waals surface area contributed by atoms with Gasteiger partial charge in [-0.1, -0.05) is 12.1 Å². The van der Waals surface area contributed by atoms with Gasteiger partial charge in [0.05, 0.1) is 5.69 Å². The first-order valence-corrected chi connectivity index (χ1v) is 9.39. The molecule has 0 spiro atoms. The number of amides is 3. The van der Waals surface area contributed by atoms with Crippen LogP contribution in [0, 0.1) is 5.82 Å². The fourth-order valence-corrected chi connectivity index (χ4v) is 2.97. The lowest BCUT2D eigenvalue weighted by atomic mass is 10.2. The molecular weight excluding hydrogens is 393 g/mol. The van der Waals surface area contributed by atoms with Crippen molar-refractivity contribution in [3.05, 3.63) is 60.2 Å². The van der Waals surface area contributed by atoms with Crippen molar-refractivity contribution in [2.75, 3.05) is 44.3 Å². The number of hydrogen-bond donors (Lipinski definition) is 2. The summed E-state index contributed by atoms with van der Waals surface area (Å²) in [5, 5.41) is 0. The molecule has 1 aliphatic rings. The number of pyridine rings is 1. The lowest BCUT2D eigenvalue weighted by Crippen LogP contribution is -2.50. The minimum Gasteiger partial charge on any atom is -0.366 e. The Morgan fingerprint density at radius 1 is 0.967 bits per heavy atom. The lowest BCUT2D eigenvalue weighted by molar-refractivity contribution is -0.138. The summed E-state index contributed by atoms with van der Waals surface area (Å²) in [4.78, 5) is 43.1. The van der Waals surface area contributed by atoms with Crippen LogP contribution < -0.4 is 15.8 Å².